The third-order valence-electron chi connectivity index (χ3n) is 6.23. The van der Waals surface area contributed by atoms with E-state index in [0.29, 0.717) is 18.7 Å². The van der Waals surface area contributed by atoms with E-state index in [2.05, 4.69) is 38.4 Å². The van der Waals surface area contributed by atoms with E-state index < -0.39 is 0 Å². The second kappa shape index (κ2) is 10.4. The number of hydrogen-bond donors (Lipinski definition) is 2. The molecule has 0 aliphatic rings. The van der Waals surface area contributed by atoms with Gasteiger partial charge in [-0.05, 0) is 60.9 Å². The van der Waals surface area contributed by atoms with Crippen molar-refractivity contribution >= 4 is 32.7 Å². The summed E-state index contributed by atoms with van der Waals surface area (Å²) >= 11 is 3.50. The molecule has 1 unspecified atom stereocenters. The van der Waals surface area contributed by atoms with Crippen molar-refractivity contribution in [2.24, 2.45) is 7.05 Å². The number of halogens is 1. The maximum atomic E-state index is 13.3. The Labute approximate surface area is 218 Å². The first-order valence-corrected chi connectivity index (χ1v) is 12.7. The minimum Gasteiger partial charge on any atom is -0.494 e. The van der Waals surface area contributed by atoms with Gasteiger partial charge in [0.25, 0.3) is 5.91 Å². The summed E-state index contributed by atoms with van der Waals surface area (Å²) in [5, 5.41) is 4.22. The average Bonchev–Trinajstić information content (AvgIpc) is 3.49. The van der Waals surface area contributed by atoms with Crippen molar-refractivity contribution in [3.63, 3.8) is 0 Å². The first-order valence-electron chi connectivity index (χ1n) is 11.9. The van der Waals surface area contributed by atoms with E-state index in [4.69, 9.17) is 9.72 Å². The van der Waals surface area contributed by atoms with Gasteiger partial charge in [-0.25, -0.2) is 4.98 Å². The Morgan fingerprint density at radius 2 is 1.83 bits per heavy atom. The zero-order valence-electron chi connectivity index (χ0n) is 20.2. The molecule has 36 heavy (non-hydrogen) atoms. The Morgan fingerprint density at radius 1 is 1.08 bits per heavy atom. The van der Waals surface area contributed by atoms with Gasteiger partial charge < -0.3 is 19.6 Å². The van der Waals surface area contributed by atoms with Gasteiger partial charge >= 0.3 is 0 Å². The highest BCUT2D eigenvalue weighted by Gasteiger charge is 2.23. The van der Waals surface area contributed by atoms with Crippen LogP contribution in [0, 0.1) is 0 Å². The van der Waals surface area contributed by atoms with Gasteiger partial charge in [0.15, 0.2) is 0 Å². The van der Waals surface area contributed by atoms with Gasteiger partial charge in [-0.1, -0.05) is 58.4 Å². The first-order chi connectivity index (χ1) is 17.5. The van der Waals surface area contributed by atoms with Crippen molar-refractivity contribution < 1.29 is 9.53 Å². The molecule has 1 amide bonds. The van der Waals surface area contributed by atoms with Crippen LogP contribution in [-0.4, -0.2) is 27.0 Å². The molecule has 0 saturated heterocycles. The zero-order chi connectivity index (χ0) is 25.1. The summed E-state index contributed by atoms with van der Waals surface area (Å²) in [5.41, 5.74) is 4.57. The van der Waals surface area contributed by atoms with Gasteiger partial charge in [-0.2, -0.15) is 0 Å². The molecule has 182 valence electrons. The van der Waals surface area contributed by atoms with Crippen molar-refractivity contribution in [2.45, 2.75) is 19.4 Å². The number of hydrogen-bond acceptors (Lipinski definition) is 3. The van der Waals surface area contributed by atoms with Crippen LogP contribution in [0.15, 0.2) is 89.5 Å². The van der Waals surface area contributed by atoms with Crippen LogP contribution in [0.25, 0.3) is 22.2 Å². The number of para-hydroxylation sites is 1. The van der Waals surface area contributed by atoms with E-state index in [1.54, 1.807) is 0 Å². The van der Waals surface area contributed by atoms with Crippen molar-refractivity contribution in [2.75, 3.05) is 6.61 Å². The van der Waals surface area contributed by atoms with Gasteiger partial charge in [0, 0.05) is 22.4 Å². The number of rotatable bonds is 8. The van der Waals surface area contributed by atoms with Crippen LogP contribution in [0.1, 0.15) is 34.8 Å². The molecule has 0 saturated carbocycles. The highest BCUT2D eigenvalue weighted by atomic mass is 79.9. The Balaban J connectivity index is 1.46. The fourth-order valence-electron chi connectivity index (χ4n) is 4.40. The molecule has 5 rings (SSSR count). The Bertz CT molecular complexity index is 1450. The molecule has 2 aromatic heterocycles. The van der Waals surface area contributed by atoms with Crippen LogP contribution >= 0.6 is 15.9 Å². The lowest BCUT2D eigenvalue weighted by atomic mass is 10.0. The number of fused-ring (bicyclic) bond motifs is 1. The number of carbonyl (C=O) groups excluding carboxylic acids is 1. The molecule has 0 radical (unpaired) electrons. The first kappa shape index (κ1) is 23.9. The molecule has 3 aromatic carbocycles. The average molecular weight is 543 g/mol. The molecule has 0 bridgehead atoms. The largest absolute Gasteiger partial charge is 0.494 e. The summed E-state index contributed by atoms with van der Waals surface area (Å²) in [7, 11) is 1.99. The highest BCUT2D eigenvalue weighted by molar-refractivity contribution is 9.10. The number of carbonyl (C=O) groups is 1. The highest BCUT2D eigenvalue weighted by Crippen LogP contribution is 2.27. The normalized spacial score (nSPS) is 12.0. The van der Waals surface area contributed by atoms with Crippen molar-refractivity contribution in [1.29, 1.82) is 0 Å². The smallest absolute Gasteiger partial charge is 0.268 e. The van der Waals surface area contributed by atoms with Crippen molar-refractivity contribution in [3.8, 4) is 17.0 Å². The molecule has 2 heterocycles. The molecule has 5 aromatic rings. The lowest BCUT2D eigenvalue weighted by Crippen LogP contribution is -2.32. The van der Waals surface area contributed by atoms with E-state index in [1.807, 2.05) is 91.5 Å². The maximum Gasteiger partial charge on any atom is 0.268 e. The molecular formula is C29H27BrN4O2. The summed E-state index contributed by atoms with van der Waals surface area (Å²) in [4.78, 5) is 21.3. The number of H-pyrrole nitrogens is 1. The predicted octanol–water partition coefficient (Wildman–Crippen LogP) is 6.44. The molecule has 7 heteroatoms. The molecule has 6 nitrogen and oxygen atoms in total. The van der Waals surface area contributed by atoms with E-state index in [1.165, 1.54) is 0 Å². The van der Waals surface area contributed by atoms with Gasteiger partial charge in [0.2, 0.25) is 0 Å². The minimum atomic E-state index is -0.337. The topological polar surface area (TPSA) is 71.9 Å². The summed E-state index contributed by atoms with van der Waals surface area (Å²) in [5.74, 6) is 1.44. The minimum absolute atomic E-state index is 0.171. The van der Waals surface area contributed by atoms with Crippen molar-refractivity contribution in [1.82, 2.24) is 19.9 Å². The number of imidazole rings is 1. The second-order valence-corrected chi connectivity index (χ2v) is 9.56. The van der Waals surface area contributed by atoms with E-state index in [0.717, 1.165) is 43.8 Å². The zero-order valence-corrected chi connectivity index (χ0v) is 21.7. The van der Waals surface area contributed by atoms with Crippen LogP contribution in [0.3, 0.4) is 0 Å². The summed E-state index contributed by atoms with van der Waals surface area (Å²) in [6.45, 7) is 2.59. The fraction of sp³-hybridized carbons (Fsp3) is 0.172. The Morgan fingerprint density at radius 3 is 2.56 bits per heavy atom. The fourth-order valence-corrected chi connectivity index (χ4v) is 4.66. The molecule has 0 aliphatic heterocycles. The molecule has 0 aliphatic carbocycles. The number of amides is 1. The number of nitrogens with one attached hydrogen (secondary N) is 2. The van der Waals surface area contributed by atoms with Crippen LogP contribution in [0.2, 0.25) is 0 Å². The molecular weight excluding hydrogens is 516 g/mol. The summed E-state index contributed by atoms with van der Waals surface area (Å²) in [6.07, 6.45) is 2.45. The number of aromatic amines is 1. The number of aromatic nitrogens is 3. The quantitative estimate of drug-likeness (QED) is 0.237. The lowest BCUT2D eigenvalue weighted by Gasteiger charge is -2.19. The lowest BCUT2D eigenvalue weighted by molar-refractivity contribution is 0.0930. The van der Waals surface area contributed by atoms with Crippen LogP contribution < -0.4 is 10.1 Å². The van der Waals surface area contributed by atoms with Gasteiger partial charge in [0.1, 0.15) is 17.3 Å². The Kier molecular flexibility index (Phi) is 6.91. The third-order valence-corrected chi connectivity index (χ3v) is 6.76. The maximum absolute atomic E-state index is 13.3. The van der Waals surface area contributed by atoms with Gasteiger partial charge in [0.05, 0.1) is 24.5 Å². The molecule has 0 spiro atoms. The third kappa shape index (κ3) is 5.06. The number of benzene rings is 3. The monoisotopic (exact) mass is 542 g/mol. The van der Waals surface area contributed by atoms with E-state index >= 15 is 0 Å². The SMILES string of the molecule is CCOc1ccc(CC(NC(=O)c2cc3ccccc3[nH]2)c2ncc(-c3ccc(Br)cc3)n2C)cc1. The second-order valence-electron chi connectivity index (χ2n) is 8.64. The molecule has 1 atom stereocenters. The van der Waals surface area contributed by atoms with Crippen LogP contribution in [0.4, 0.5) is 0 Å². The van der Waals surface area contributed by atoms with Crippen molar-refractivity contribution in [3.05, 3.63) is 107 Å². The predicted molar refractivity (Wildman–Crippen MR) is 146 cm³/mol. The van der Waals surface area contributed by atoms with E-state index in [-0.39, 0.29) is 11.9 Å². The Hall–Kier alpha value is -3.84. The van der Waals surface area contributed by atoms with Crippen LogP contribution in [0.5, 0.6) is 5.75 Å². The molecule has 0 fully saturated rings. The molecule has 2 N–H and O–H groups in total. The van der Waals surface area contributed by atoms with Gasteiger partial charge in [-0.3, -0.25) is 4.79 Å². The standard InChI is InChI=1S/C29H27BrN4O2/c1-3-36-23-14-8-19(9-15-23)16-25(33-29(35)26-17-21-6-4-5-7-24(21)32-26)28-31-18-27(34(28)2)20-10-12-22(30)13-11-20/h4-15,17-18,25,32H,3,16H2,1-2H3,(H,33,35). The number of ether oxygens (including phenoxy) is 1. The van der Waals surface area contributed by atoms with E-state index in [9.17, 15) is 4.79 Å². The van der Waals surface area contributed by atoms with Crippen LogP contribution in [-0.2, 0) is 13.5 Å². The summed E-state index contributed by atoms with van der Waals surface area (Å²) < 4.78 is 8.66. The number of nitrogens with zero attached hydrogens (tertiary/aromatic N) is 2. The summed E-state index contributed by atoms with van der Waals surface area (Å²) in [6, 6.07) is 25.5. The van der Waals surface area contributed by atoms with Gasteiger partial charge in [-0.15, -0.1) is 0 Å².